The molecule has 0 bridgehead atoms. The monoisotopic (exact) mass is 462 g/mol. The van der Waals surface area contributed by atoms with Gasteiger partial charge in [-0.3, -0.25) is 4.98 Å². The number of hydrogen-bond acceptors (Lipinski definition) is 5. The highest BCUT2D eigenvalue weighted by atomic mass is 32.2. The summed E-state index contributed by atoms with van der Waals surface area (Å²) in [4.78, 5) is 3.56. The summed E-state index contributed by atoms with van der Waals surface area (Å²) in [5.41, 5.74) is 1.43. The predicted molar refractivity (Wildman–Crippen MR) is 116 cm³/mol. The van der Waals surface area contributed by atoms with Crippen LogP contribution in [0.2, 0.25) is 0 Å². The highest BCUT2D eigenvalue weighted by Crippen LogP contribution is 2.29. The number of halogens is 1. The van der Waals surface area contributed by atoms with Crippen LogP contribution in [0.4, 0.5) is 4.39 Å². The highest BCUT2D eigenvalue weighted by Gasteiger charge is 2.25. The van der Waals surface area contributed by atoms with Crippen LogP contribution in [-0.4, -0.2) is 28.4 Å². The van der Waals surface area contributed by atoms with Gasteiger partial charge in [-0.25, -0.2) is 25.9 Å². The predicted octanol–water partition coefficient (Wildman–Crippen LogP) is 3.70. The van der Waals surface area contributed by atoms with Crippen LogP contribution in [0.3, 0.4) is 0 Å². The molecule has 0 saturated carbocycles. The molecule has 3 aromatic rings. The molecule has 6 nitrogen and oxygen atoms in total. The molecular weight excluding hydrogens is 439 g/mol. The van der Waals surface area contributed by atoms with E-state index in [0.717, 1.165) is 29.8 Å². The van der Waals surface area contributed by atoms with Crippen LogP contribution < -0.4 is 4.72 Å². The van der Waals surface area contributed by atoms with Gasteiger partial charge in [0.15, 0.2) is 0 Å². The van der Waals surface area contributed by atoms with Gasteiger partial charge in [0.25, 0.3) is 0 Å². The Bertz CT molecular complexity index is 1260. The first-order chi connectivity index (χ1) is 14.6. The number of sulfone groups is 1. The van der Waals surface area contributed by atoms with Crippen LogP contribution in [0.25, 0.3) is 0 Å². The average molecular weight is 463 g/mol. The van der Waals surface area contributed by atoms with E-state index in [1.807, 2.05) is 13.8 Å². The van der Waals surface area contributed by atoms with E-state index in [0.29, 0.717) is 12.0 Å². The first-order valence-electron chi connectivity index (χ1n) is 9.64. The number of benzene rings is 2. The van der Waals surface area contributed by atoms with Gasteiger partial charge in [0.05, 0.1) is 14.7 Å². The van der Waals surface area contributed by atoms with Crippen molar-refractivity contribution in [3.63, 3.8) is 0 Å². The number of nitrogens with one attached hydrogen (secondary N) is 1. The lowest BCUT2D eigenvalue weighted by Crippen LogP contribution is -2.27. The van der Waals surface area contributed by atoms with Gasteiger partial charge in [0.1, 0.15) is 5.82 Å². The zero-order valence-corrected chi connectivity index (χ0v) is 18.8. The van der Waals surface area contributed by atoms with Gasteiger partial charge < -0.3 is 0 Å². The van der Waals surface area contributed by atoms with E-state index >= 15 is 0 Å². The summed E-state index contributed by atoms with van der Waals surface area (Å²) in [5, 5.41) is 0. The molecule has 1 heterocycles. The standard InChI is InChI=1S/C22H23FN2O4S2/c1-16(2)21-8-7-20(30(26,27)19-5-3-18(23)4-6-19)15-22(21)31(28,29)25-14-11-17-9-12-24-13-10-17/h3-10,12-13,15-16,25H,11,14H2,1-2H3. The molecule has 31 heavy (non-hydrogen) atoms. The third-order valence-electron chi connectivity index (χ3n) is 4.79. The fourth-order valence-electron chi connectivity index (χ4n) is 3.10. The highest BCUT2D eigenvalue weighted by molar-refractivity contribution is 7.91. The topological polar surface area (TPSA) is 93.2 Å². The third-order valence-corrected chi connectivity index (χ3v) is 8.07. The van der Waals surface area contributed by atoms with Crippen molar-refractivity contribution in [1.29, 1.82) is 0 Å². The molecule has 0 aliphatic heterocycles. The van der Waals surface area contributed by atoms with E-state index in [-0.39, 0.29) is 27.1 Å². The van der Waals surface area contributed by atoms with Gasteiger partial charge >= 0.3 is 0 Å². The zero-order chi connectivity index (χ0) is 22.6. The summed E-state index contributed by atoms with van der Waals surface area (Å²) in [6, 6.07) is 12.1. The van der Waals surface area contributed by atoms with Crippen molar-refractivity contribution < 1.29 is 21.2 Å². The molecule has 0 saturated heterocycles. The maximum absolute atomic E-state index is 13.2. The normalized spacial score (nSPS) is 12.3. The molecule has 164 valence electrons. The van der Waals surface area contributed by atoms with Crippen molar-refractivity contribution in [1.82, 2.24) is 9.71 Å². The smallest absolute Gasteiger partial charge is 0.240 e. The van der Waals surface area contributed by atoms with Crippen LogP contribution in [0, 0.1) is 5.82 Å². The molecule has 0 spiro atoms. The van der Waals surface area contributed by atoms with Crippen molar-refractivity contribution >= 4 is 19.9 Å². The van der Waals surface area contributed by atoms with Crippen LogP contribution in [-0.2, 0) is 26.3 Å². The summed E-state index contributed by atoms with van der Waals surface area (Å²) < 4.78 is 67.7. The molecule has 1 aromatic heterocycles. The summed E-state index contributed by atoms with van der Waals surface area (Å²) >= 11 is 0. The molecule has 0 radical (unpaired) electrons. The number of aromatic nitrogens is 1. The Morgan fingerprint density at radius 2 is 1.52 bits per heavy atom. The zero-order valence-electron chi connectivity index (χ0n) is 17.1. The molecule has 0 aliphatic rings. The Kier molecular flexibility index (Phi) is 6.88. The third kappa shape index (κ3) is 5.36. The van der Waals surface area contributed by atoms with E-state index in [9.17, 15) is 21.2 Å². The van der Waals surface area contributed by atoms with Crippen LogP contribution in [0.1, 0.15) is 30.9 Å². The Morgan fingerprint density at radius 3 is 2.13 bits per heavy atom. The van der Waals surface area contributed by atoms with Crippen molar-refractivity contribution in [2.24, 2.45) is 0 Å². The van der Waals surface area contributed by atoms with Gasteiger partial charge in [0.2, 0.25) is 19.9 Å². The van der Waals surface area contributed by atoms with E-state index in [1.54, 1.807) is 24.5 Å². The van der Waals surface area contributed by atoms with E-state index in [2.05, 4.69) is 9.71 Å². The number of pyridine rings is 1. The van der Waals surface area contributed by atoms with Crippen LogP contribution >= 0.6 is 0 Å². The van der Waals surface area contributed by atoms with E-state index < -0.39 is 25.7 Å². The maximum Gasteiger partial charge on any atom is 0.240 e. The van der Waals surface area contributed by atoms with E-state index in [1.165, 1.54) is 18.2 Å². The lowest BCUT2D eigenvalue weighted by atomic mass is 10.0. The number of hydrogen-bond donors (Lipinski definition) is 1. The Balaban J connectivity index is 1.95. The summed E-state index contributed by atoms with van der Waals surface area (Å²) in [6.07, 6.45) is 3.72. The summed E-state index contributed by atoms with van der Waals surface area (Å²) in [5.74, 6) is -0.704. The van der Waals surface area contributed by atoms with E-state index in [4.69, 9.17) is 0 Å². The fraction of sp³-hybridized carbons (Fsp3) is 0.227. The molecule has 0 atom stereocenters. The van der Waals surface area contributed by atoms with Gasteiger partial charge in [0, 0.05) is 18.9 Å². The largest absolute Gasteiger partial charge is 0.265 e. The molecule has 9 heteroatoms. The lowest BCUT2D eigenvalue weighted by molar-refractivity contribution is 0.578. The number of sulfonamides is 1. The van der Waals surface area contributed by atoms with Crippen LogP contribution in [0.5, 0.6) is 0 Å². The minimum atomic E-state index is -4.01. The molecule has 0 aliphatic carbocycles. The second-order valence-electron chi connectivity index (χ2n) is 7.31. The second-order valence-corrected chi connectivity index (χ2v) is 11.0. The summed E-state index contributed by atoms with van der Waals surface area (Å²) in [7, 11) is -7.98. The minimum Gasteiger partial charge on any atom is -0.265 e. The van der Waals surface area contributed by atoms with Crippen molar-refractivity contribution in [2.45, 2.75) is 40.9 Å². The van der Waals surface area contributed by atoms with Gasteiger partial charge in [-0.15, -0.1) is 0 Å². The lowest BCUT2D eigenvalue weighted by Gasteiger charge is -2.16. The Morgan fingerprint density at radius 1 is 0.903 bits per heavy atom. The molecule has 0 fully saturated rings. The molecule has 0 unspecified atom stereocenters. The van der Waals surface area contributed by atoms with Gasteiger partial charge in [-0.05, 0) is 72.0 Å². The minimum absolute atomic E-state index is 0.0829. The molecule has 2 aromatic carbocycles. The molecule has 0 amide bonds. The Labute approximate surface area is 182 Å². The van der Waals surface area contributed by atoms with Crippen molar-refractivity contribution in [3.05, 3.63) is 83.9 Å². The molecular formula is C22H23FN2O4S2. The summed E-state index contributed by atoms with van der Waals surface area (Å²) in [6.45, 7) is 3.82. The van der Waals surface area contributed by atoms with Gasteiger partial charge in [-0.1, -0.05) is 19.9 Å². The Hall–Kier alpha value is -2.62. The first kappa shape index (κ1) is 23.1. The SMILES string of the molecule is CC(C)c1ccc(S(=O)(=O)c2ccc(F)cc2)cc1S(=O)(=O)NCCc1ccncc1. The number of nitrogens with zero attached hydrogens (tertiary/aromatic N) is 1. The first-order valence-corrected chi connectivity index (χ1v) is 12.6. The maximum atomic E-state index is 13.2. The fourth-order valence-corrected chi connectivity index (χ4v) is 5.88. The molecule has 1 N–H and O–H groups in total. The average Bonchev–Trinajstić information content (AvgIpc) is 2.74. The molecule has 3 rings (SSSR count). The quantitative estimate of drug-likeness (QED) is 0.515. The van der Waals surface area contributed by atoms with Crippen molar-refractivity contribution in [2.75, 3.05) is 6.54 Å². The number of rotatable bonds is 8. The van der Waals surface area contributed by atoms with Gasteiger partial charge in [-0.2, -0.15) is 0 Å². The second kappa shape index (κ2) is 9.25. The van der Waals surface area contributed by atoms with Crippen LogP contribution in [0.15, 0.2) is 81.7 Å². The van der Waals surface area contributed by atoms with Crippen molar-refractivity contribution in [3.8, 4) is 0 Å².